The van der Waals surface area contributed by atoms with Crippen molar-refractivity contribution in [3.8, 4) is 11.8 Å². The maximum atomic E-state index is 9.41. The number of rotatable bonds is 1. The van der Waals surface area contributed by atoms with E-state index in [1.165, 1.54) is 0 Å². The van der Waals surface area contributed by atoms with Gasteiger partial charge in [0.1, 0.15) is 11.5 Å². The molecule has 1 aliphatic rings. The van der Waals surface area contributed by atoms with Crippen LogP contribution < -0.4 is 0 Å². The molecule has 0 aromatic heterocycles. The quantitative estimate of drug-likeness (QED) is 0.753. The maximum absolute atomic E-state index is 9.41. The Bertz CT molecular complexity index is 492. The molecule has 0 radical (unpaired) electrons. The van der Waals surface area contributed by atoms with E-state index in [0.29, 0.717) is 12.0 Å². The van der Waals surface area contributed by atoms with Crippen molar-refractivity contribution >= 4 is 0 Å². The number of aromatic hydroxyl groups is 1. The van der Waals surface area contributed by atoms with Crippen LogP contribution in [0.25, 0.3) is 0 Å². The van der Waals surface area contributed by atoms with Crippen LogP contribution in [0.2, 0.25) is 0 Å². The lowest BCUT2D eigenvalue weighted by molar-refractivity contribution is 0.420. The Kier molecular flexibility index (Phi) is 2.65. The average molecular weight is 213 g/mol. The van der Waals surface area contributed by atoms with Crippen molar-refractivity contribution in [3.63, 3.8) is 0 Å². The highest BCUT2D eigenvalue weighted by atomic mass is 16.3. The molecule has 0 saturated heterocycles. The standard InChI is InChI=1S/C13H11NO2/c14-8-11-7-10(3-6-13(11)16)9-1-4-12(15)5-2-9/h1-6,10,15-16H,7H2. The van der Waals surface area contributed by atoms with Gasteiger partial charge in [0, 0.05) is 5.92 Å². The van der Waals surface area contributed by atoms with Gasteiger partial charge in [-0.05, 0) is 30.2 Å². The number of allylic oxidation sites excluding steroid dienone is 3. The van der Waals surface area contributed by atoms with Crippen molar-refractivity contribution in [1.29, 1.82) is 5.26 Å². The molecular weight excluding hydrogens is 202 g/mol. The molecule has 2 N–H and O–H groups in total. The monoisotopic (exact) mass is 213 g/mol. The number of phenols is 1. The van der Waals surface area contributed by atoms with Gasteiger partial charge in [-0.15, -0.1) is 0 Å². The van der Waals surface area contributed by atoms with E-state index in [1.54, 1.807) is 18.2 Å². The van der Waals surface area contributed by atoms with E-state index in [4.69, 9.17) is 5.26 Å². The zero-order chi connectivity index (χ0) is 11.5. The predicted molar refractivity (Wildman–Crippen MR) is 59.9 cm³/mol. The summed E-state index contributed by atoms with van der Waals surface area (Å²) in [6, 6.07) is 8.87. The Morgan fingerprint density at radius 2 is 1.88 bits per heavy atom. The minimum Gasteiger partial charge on any atom is -0.508 e. The van der Waals surface area contributed by atoms with E-state index in [-0.39, 0.29) is 17.4 Å². The zero-order valence-corrected chi connectivity index (χ0v) is 8.59. The Morgan fingerprint density at radius 1 is 1.19 bits per heavy atom. The van der Waals surface area contributed by atoms with Crippen molar-refractivity contribution in [1.82, 2.24) is 0 Å². The maximum Gasteiger partial charge on any atom is 0.128 e. The molecule has 2 rings (SSSR count). The second-order valence-corrected chi connectivity index (χ2v) is 3.74. The van der Waals surface area contributed by atoms with Gasteiger partial charge in [0.2, 0.25) is 0 Å². The minimum atomic E-state index is 0.0533. The summed E-state index contributed by atoms with van der Waals surface area (Å²) in [5.74, 6) is 0.367. The minimum absolute atomic E-state index is 0.0533. The number of nitrogens with zero attached hydrogens (tertiary/aromatic N) is 1. The molecule has 1 aliphatic carbocycles. The highest BCUT2D eigenvalue weighted by Crippen LogP contribution is 2.30. The Labute approximate surface area is 93.6 Å². The molecule has 0 saturated carbocycles. The summed E-state index contributed by atoms with van der Waals surface area (Å²) < 4.78 is 0. The number of aliphatic hydroxyl groups excluding tert-OH is 1. The smallest absolute Gasteiger partial charge is 0.128 e. The summed E-state index contributed by atoms with van der Waals surface area (Å²) in [5.41, 5.74) is 1.43. The molecule has 0 fully saturated rings. The van der Waals surface area contributed by atoms with Crippen LogP contribution >= 0.6 is 0 Å². The van der Waals surface area contributed by atoms with Crippen molar-refractivity contribution < 1.29 is 10.2 Å². The van der Waals surface area contributed by atoms with Crippen LogP contribution in [0.1, 0.15) is 17.9 Å². The first-order chi connectivity index (χ1) is 7.70. The van der Waals surface area contributed by atoms with E-state index >= 15 is 0 Å². The van der Waals surface area contributed by atoms with E-state index in [2.05, 4.69) is 0 Å². The van der Waals surface area contributed by atoms with Gasteiger partial charge < -0.3 is 10.2 Å². The van der Waals surface area contributed by atoms with Crippen LogP contribution in [-0.2, 0) is 0 Å². The van der Waals surface area contributed by atoms with E-state index in [9.17, 15) is 10.2 Å². The lowest BCUT2D eigenvalue weighted by Crippen LogP contribution is -2.03. The summed E-state index contributed by atoms with van der Waals surface area (Å²) in [6.45, 7) is 0. The lowest BCUT2D eigenvalue weighted by Gasteiger charge is -2.16. The average Bonchev–Trinajstić information content (AvgIpc) is 2.31. The molecule has 0 heterocycles. The van der Waals surface area contributed by atoms with Crippen molar-refractivity contribution in [2.24, 2.45) is 0 Å². The number of hydrogen-bond acceptors (Lipinski definition) is 3. The molecule has 1 aromatic rings. The Hall–Kier alpha value is -2.21. The van der Waals surface area contributed by atoms with Gasteiger partial charge in [-0.2, -0.15) is 5.26 Å². The van der Waals surface area contributed by atoms with Crippen LogP contribution in [0.5, 0.6) is 5.75 Å². The van der Waals surface area contributed by atoms with Crippen molar-refractivity contribution in [2.45, 2.75) is 12.3 Å². The van der Waals surface area contributed by atoms with E-state index in [0.717, 1.165) is 5.56 Å². The largest absolute Gasteiger partial charge is 0.508 e. The third-order valence-corrected chi connectivity index (χ3v) is 2.68. The fraction of sp³-hybridized carbons (Fsp3) is 0.154. The predicted octanol–water partition coefficient (Wildman–Crippen LogP) is 2.77. The molecule has 80 valence electrons. The molecular formula is C13H11NO2. The molecule has 3 nitrogen and oxygen atoms in total. The first-order valence-corrected chi connectivity index (χ1v) is 5.00. The summed E-state index contributed by atoms with van der Waals surface area (Å²) in [4.78, 5) is 0. The number of nitriles is 1. The Balaban J connectivity index is 2.25. The van der Waals surface area contributed by atoms with Gasteiger partial charge in [0.15, 0.2) is 0 Å². The molecule has 1 unspecified atom stereocenters. The van der Waals surface area contributed by atoms with Crippen LogP contribution in [0, 0.1) is 11.3 Å². The van der Waals surface area contributed by atoms with Crippen LogP contribution in [0.15, 0.2) is 47.7 Å². The van der Waals surface area contributed by atoms with Crippen LogP contribution in [-0.4, -0.2) is 10.2 Å². The van der Waals surface area contributed by atoms with Gasteiger partial charge in [0.05, 0.1) is 11.6 Å². The molecule has 0 aliphatic heterocycles. The number of benzene rings is 1. The van der Waals surface area contributed by atoms with Gasteiger partial charge >= 0.3 is 0 Å². The molecule has 0 amide bonds. The SMILES string of the molecule is N#CC1=C(O)C=CC(c2ccc(O)cc2)C1. The number of aliphatic hydroxyl groups is 1. The first-order valence-electron chi connectivity index (χ1n) is 5.00. The van der Waals surface area contributed by atoms with Gasteiger partial charge in [-0.25, -0.2) is 0 Å². The van der Waals surface area contributed by atoms with Crippen molar-refractivity contribution in [2.75, 3.05) is 0 Å². The summed E-state index contributed by atoms with van der Waals surface area (Å²) in [5, 5.41) is 27.4. The van der Waals surface area contributed by atoms with Crippen LogP contribution in [0.4, 0.5) is 0 Å². The molecule has 16 heavy (non-hydrogen) atoms. The summed E-state index contributed by atoms with van der Waals surface area (Å²) in [7, 11) is 0. The zero-order valence-electron chi connectivity index (χ0n) is 8.59. The highest BCUT2D eigenvalue weighted by molar-refractivity contribution is 5.40. The van der Waals surface area contributed by atoms with Crippen LogP contribution in [0.3, 0.4) is 0 Å². The van der Waals surface area contributed by atoms with Gasteiger partial charge in [-0.3, -0.25) is 0 Å². The molecule has 0 bridgehead atoms. The molecule has 3 heteroatoms. The molecule has 1 aromatic carbocycles. The molecule has 1 atom stereocenters. The second-order valence-electron chi connectivity index (χ2n) is 3.74. The summed E-state index contributed by atoms with van der Waals surface area (Å²) in [6.07, 6.45) is 3.92. The third kappa shape index (κ3) is 1.91. The summed E-state index contributed by atoms with van der Waals surface area (Å²) >= 11 is 0. The third-order valence-electron chi connectivity index (χ3n) is 2.68. The van der Waals surface area contributed by atoms with Crippen molar-refractivity contribution in [3.05, 3.63) is 53.3 Å². The normalized spacial score (nSPS) is 19.6. The lowest BCUT2D eigenvalue weighted by atomic mass is 9.88. The fourth-order valence-electron chi connectivity index (χ4n) is 1.75. The number of hydrogen-bond donors (Lipinski definition) is 2. The van der Waals surface area contributed by atoms with E-state index < -0.39 is 0 Å². The van der Waals surface area contributed by atoms with Gasteiger partial charge in [0.25, 0.3) is 0 Å². The highest BCUT2D eigenvalue weighted by Gasteiger charge is 2.17. The van der Waals surface area contributed by atoms with E-state index in [1.807, 2.05) is 24.3 Å². The Morgan fingerprint density at radius 3 is 2.50 bits per heavy atom. The fourth-order valence-corrected chi connectivity index (χ4v) is 1.75. The van der Waals surface area contributed by atoms with Gasteiger partial charge in [-0.1, -0.05) is 18.2 Å². The number of phenolic OH excluding ortho intramolecular Hbond substituents is 1. The molecule has 0 spiro atoms. The topological polar surface area (TPSA) is 64.2 Å². The first kappa shape index (κ1) is 10.3. The second kappa shape index (κ2) is 4.11.